The molecule has 0 bridgehead atoms. The molecule has 0 N–H and O–H groups in total. The van der Waals surface area contributed by atoms with Gasteiger partial charge in [-0.05, 0) is 89.7 Å². The second-order valence-electron chi connectivity index (χ2n) is 24.6. The molecule has 0 spiro atoms. The molecular weight excluding hydrogens is 929 g/mol. The van der Waals surface area contributed by atoms with Crippen molar-refractivity contribution < 1.29 is 19.1 Å². The van der Waals surface area contributed by atoms with E-state index in [1.807, 2.05) is 0 Å². The molecule has 0 unspecified atom stereocenters. The van der Waals surface area contributed by atoms with Gasteiger partial charge in [0.15, 0.2) is 0 Å². The van der Waals surface area contributed by atoms with Crippen LogP contribution < -0.4 is 0 Å². The highest BCUT2D eigenvalue weighted by atomic mass is 16.5. The van der Waals surface area contributed by atoms with Crippen molar-refractivity contribution in [3.05, 3.63) is 130 Å². The minimum atomic E-state index is -0.143. The third kappa shape index (κ3) is 32.7. The summed E-state index contributed by atoms with van der Waals surface area (Å²) in [5.41, 5.74) is 8.64. The number of carbonyl (C=O) groups excluding carboxylic acids is 2. The summed E-state index contributed by atoms with van der Waals surface area (Å²) in [4.78, 5) is 25.6. The molecule has 0 heterocycles. The zero-order valence-corrected chi connectivity index (χ0v) is 51.4. The third-order valence-electron chi connectivity index (χ3n) is 15.8. The highest BCUT2D eigenvalue weighted by molar-refractivity contribution is 5.70. The lowest BCUT2D eigenvalue weighted by molar-refractivity contribution is -0.151. The average Bonchev–Trinajstić information content (AvgIpc) is 3.34. The Balaban J connectivity index is 1.73. The summed E-state index contributed by atoms with van der Waals surface area (Å²) in [6.45, 7) is 26.6. The molecule has 0 aromatic heterocycles. The smallest absolute Gasteiger partial charge is 0.306 e. The summed E-state index contributed by atoms with van der Waals surface area (Å²) in [6.07, 6.45) is 69.9. The molecule has 4 heteroatoms. The quantitative estimate of drug-likeness (QED) is 0.0266. The van der Waals surface area contributed by atoms with Crippen molar-refractivity contribution in [1.82, 2.24) is 0 Å². The van der Waals surface area contributed by atoms with Crippen molar-refractivity contribution in [3.8, 4) is 0 Å². The van der Waals surface area contributed by atoms with Crippen molar-refractivity contribution in [2.45, 2.75) is 294 Å². The van der Waals surface area contributed by atoms with Gasteiger partial charge < -0.3 is 9.47 Å². The monoisotopic (exact) mass is 1040 g/mol. The first-order valence-electron chi connectivity index (χ1n) is 31.3. The number of hydrogen-bond donors (Lipinski definition) is 0. The first kappa shape index (κ1) is 68.2. The van der Waals surface area contributed by atoms with Gasteiger partial charge in [0, 0.05) is 25.2 Å². The fourth-order valence-corrected chi connectivity index (χ4v) is 11.3. The van der Waals surface area contributed by atoms with E-state index in [1.165, 1.54) is 180 Å². The van der Waals surface area contributed by atoms with Crippen LogP contribution in [0.2, 0.25) is 0 Å². The molecular formula is C72H116O4. The van der Waals surface area contributed by atoms with E-state index in [1.54, 1.807) is 0 Å². The maximum absolute atomic E-state index is 12.8. The van der Waals surface area contributed by atoms with Gasteiger partial charge in [-0.25, -0.2) is 0 Å². The van der Waals surface area contributed by atoms with E-state index in [0.29, 0.717) is 18.8 Å². The predicted octanol–water partition coefficient (Wildman–Crippen LogP) is 22.5. The Bertz CT molecular complexity index is 1980. The molecule has 2 aliphatic rings. The Morgan fingerprint density at radius 1 is 0.500 bits per heavy atom. The number of allylic oxidation sites excluding steroid dienone is 20. The molecule has 3 atom stereocenters. The van der Waals surface area contributed by atoms with Gasteiger partial charge in [-0.1, -0.05) is 314 Å². The highest BCUT2D eigenvalue weighted by Gasteiger charge is 2.37. The molecule has 0 fully saturated rings. The summed E-state index contributed by atoms with van der Waals surface area (Å²) >= 11 is 0. The number of esters is 2. The van der Waals surface area contributed by atoms with E-state index in [-0.39, 0.29) is 35.0 Å². The van der Waals surface area contributed by atoms with Crippen LogP contribution in [0.25, 0.3) is 0 Å². The van der Waals surface area contributed by atoms with Gasteiger partial charge in [-0.15, -0.1) is 0 Å². The van der Waals surface area contributed by atoms with Crippen molar-refractivity contribution in [1.29, 1.82) is 0 Å². The molecule has 0 radical (unpaired) electrons. The van der Waals surface area contributed by atoms with Crippen LogP contribution in [-0.2, 0) is 19.1 Å². The summed E-state index contributed by atoms with van der Waals surface area (Å²) in [6, 6.07) is 0. The molecule has 2 aliphatic carbocycles. The average molecular weight is 1050 g/mol. The number of ether oxygens (including phenoxy) is 2. The van der Waals surface area contributed by atoms with Crippen LogP contribution in [0, 0.1) is 16.7 Å². The zero-order valence-electron chi connectivity index (χ0n) is 51.4. The van der Waals surface area contributed by atoms with Crippen molar-refractivity contribution >= 4 is 11.9 Å². The molecule has 0 saturated heterocycles. The highest BCUT2D eigenvalue weighted by Crippen LogP contribution is 2.44. The molecule has 0 aliphatic heterocycles. The summed E-state index contributed by atoms with van der Waals surface area (Å²) in [7, 11) is 0. The van der Waals surface area contributed by atoms with Crippen molar-refractivity contribution in [2.75, 3.05) is 0 Å². The Kier molecular flexibility index (Phi) is 36.9. The second-order valence-corrected chi connectivity index (χ2v) is 24.6. The fourth-order valence-electron chi connectivity index (χ4n) is 11.3. The Hall–Kier alpha value is -3.92. The number of unbranched alkanes of at least 4 members (excludes halogenated alkanes) is 24. The van der Waals surface area contributed by atoms with E-state index < -0.39 is 0 Å². The molecule has 0 amide bonds. The lowest BCUT2D eigenvalue weighted by Crippen LogP contribution is -2.34. The van der Waals surface area contributed by atoms with Gasteiger partial charge in [0.05, 0.1) is 0 Å². The number of rotatable bonds is 40. The van der Waals surface area contributed by atoms with Gasteiger partial charge in [-0.3, -0.25) is 9.59 Å². The first-order valence-corrected chi connectivity index (χ1v) is 31.3. The lowest BCUT2D eigenvalue weighted by atomic mass is 9.67. The van der Waals surface area contributed by atoms with E-state index in [0.717, 1.165) is 44.9 Å². The maximum Gasteiger partial charge on any atom is 0.306 e. The van der Waals surface area contributed by atoms with Crippen LogP contribution in [0.4, 0.5) is 0 Å². The van der Waals surface area contributed by atoms with E-state index >= 15 is 0 Å². The molecule has 4 nitrogen and oxygen atoms in total. The van der Waals surface area contributed by atoms with Crippen molar-refractivity contribution in [3.63, 3.8) is 0 Å². The van der Waals surface area contributed by atoms with Crippen LogP contribution in [0.3, 0.4) is 0 Å². The van der Waals surface area contributed by atoms with Gasteiger partial charge in [0.1, 0.15) is 12.2 Å². The van der Waals surface area contributed by atoms with Crippen LogP contribution in [0.1, 0.15) is 282 Å². The van der Waals surface area contributed by atoms with E-state index in [9.17, 15) is 9.59 Å². The van der Waals surface area contributed by atoms with Crippen LogP contribution >= 0.6 is 0 Å². The van der Waals surface area contributed by atoms with Gasteiger partial charge in [0.25, 0.3) is 0 Å². The van der Waals surface area contributed by atoms with E-state index in [2.05, 4.69) is 174 Å². The third-order valence-corrected chi connectivity index (χ3v) is 15.8. The first-order chi connectivity index (χ1) is 36.5. The number of carbonyl (C=O) groups is 2. The number of hydrogen-bond acceptors (Lipinski definition) is 4. The molecule has 428 valence electrons. The second kappa shape index (κ2) is 41.2. The van der Waals surface area contributed by atoms with Gasteiger partial charge >= 0.3 is 11.9 Å². The molecule has 0 aromatic rings. The molecule has 0 saturated carbocycles. The lowest BCUT2D eigenvalue weighted by Gasteiger charge is -2.40. The summed E-state index contributed by atoms with van der Waals surface area (Å²) in [5, 5.41) is 0. The normalized spacial score (nSPS) is 19.8. The summed E-state index contributed by atoms with van der Waals surface area (Å²) < 4.78 is 12.0. The fraction of sp³-hybridized carbons (Fsp3) is 0.667. The Morgan fingerprint density at radius 2 is 0.882 bits per heavy atom. The maximum atomic E-state index is 12.8. The molecule has 2 rings (SSSR count). The minimum Gasteiger partial charge on any atom is -0.462 e. The minimum absolute atomic E-state index is 0.00519. The Labute approximate surface area is 470 Å². The topological polar surface area (TPSA) is 52.6 Å². The SMILES string of the molecule is CCCCCCCCCCCCCCCC(=O)O[C@@H]1CC(C)=C(/C=C/C(C)=C/C=C/C(C)=C/C=C/C=C(C)/C=C/C=C(C)/C=C/[C@H]2C(C)=C[C@@H](OC(=O)CCCCCCCCCCCCCCC)CC2(C)C)C(C)(C)C1. The zero-order chi connectivity index (χ0) is 55.9. The molecule has 76 heavy (non-hydrogen) atoms. The van der Waals surface area contributed by atoms with Crippen LogP contribution in [0.5, 0.6) is 0 Å². The van der Waals surface area contributed by atoms with Crippen molar-refractivity contribution in [2.24, 2.45) is 16.7 Å². The standard InChI is InChI=1S/C72H116O4/c1-13-15-17-19-21-23-25-27-29-31-33-35-37-49-69(73)75-65-55-63(7)67(71(9,10)57-65)53-51-61(5)47-41-45-59(3)43-39-40-44-60(4)46-42-48-62(6)52-54-68-64(8)56-66(58-72(68,11)12)76-70(74)50-38-36-34-32-30-28-26-24-22-20-18-16-14-2/h39-48,51-55,65-67H,13-38,49-50,56-58H2,1-12H3/b40-39+,45-41+,46-42+,53-51+,54-52+,59-43+,60-44+,61-47+,62-48+/t65-,66-,67+/m1/s1. The van der Waals surface area contributed by atoms with Gasteiger partial charge in [-0.2, -0.15) is 0 Å². The van der Waals surface area contributed by atoms with E-state index in [4.69, 9.17) is 9.47 Å². The summed E-state index contributed by atoms with van der Waals surface area (Å²) in [5.74, 6) is 0.224. The van der Waals surface area contributed by atoms with Crippen LogP contribution in [-0.4, -0.2) is 24.1 Å². The Morgan fingerprint density at radius 3 is 1.30 bits per heavy atom. The predicted molar refractivity (Wildman–Crippen MR) is 332 cm³/mol. The largest absolute Gasteiger partial charge is 0.462 e. The van der Waals surface area contributed by atoms with Crippen LogP contribution in [0.15, 0.2) is 130 Å². The molecule has 0 aromatic carbocycles. The van der Waals surface area contributed by atoms with Gasteiger partial charge in [0.2, 0.25) is 0 Å².